The van der Waals surface area contributed by atoms with Crippen LogP contribution in [0.25, 0.3) is 0 Å². The second-order valence-corrected chi connectivity index (χ2v) is 13.1. The topological polar surface area (TPSA) is 223 Å². The summed E-state index contributed by atoms with van der Waals surface area (Å²) >= 11 is 0. The predicted octanol–water partition coefficient (Wildman–Crippen LogP) is 2.88. The summed E-state index contributed by atoms with van der Waals surface area (Å²) in [6.07, 6.45) is -4.83. The minimum atomic E-state index is -3.90. The van der Waals surface area contributed by atoms with Crippen molar-refractivity contribution in [2.24, 2.45) is 17.8 Å². The van der Waals surface area contributed by atoms with Crippen LogP contribution >= 0.6 is 0 Å². The van der Waals surface area contributed by atoms with Crippen molar-refractivity contribution >= 4 is 29.8 Å². The number of carbonyl (C=O) groups excluding carboxylic acids is 2. The molecule has 0 saturated carbocycles. The van der Waals surface area contributed by atoms with Gasteiger partial charge in [-0.3, -0.25) is 4.79 Å². The maximum Gasteiger partial charge on any atom is 0.344 e. The maximum atomic E-state index is 13.0. The molecule has 2 bridgehead atoms. The molecular formula is C35H46O14. The van der Waals surface area contributed by atoms with E-state index in [9.17, 15) is 49.5 Å². The van der Waals surface area contributed by atoms with Crippen LogP contribution in [0.1, 0.15) is 65.9 Å². The lowest BCUT2D eigenvalue weighted by Gasteiger charge is -2.48. The molecule has 2 aliphatic rings. The van der Waals surface area contributed by atoms with Crippen molar-refractivity contribution in [3.05, 3.63) is 60.2 Å². The third kappa shape index (κ3) is 7.88. The zero-order valence-corrected chi connectivity index (χ0v) is 28.2. The number of hydrogen-bond donors (Lipinski definition) is 5. The number of ether oxygens (including phenoxy) is 4. The Morgan fingerprint density at radius 2 is 1.67 bits per heavy atom. The number of aliphatic hydroxyl groups is 2. The number of carboxylic acid groups (broad SMARTS) is 3. The summed E-state index contributed by atoms with van der Waals surface area (Å²) in [5.74, 6) is -11.3. The molecule has 14 heteroatoms. The van der Waals surface area contributed by atoms with E-state index in [-0.39, 0.29) is 23.8 Å². The number of allylic oxidation sites excluding steroid dienone is 1. The van der Waals surface area contributed by atoms with Gasteiger partial charge in [-0.15, -0.1) is 0 Å². The molecule has 3 rings (SSSR count). The average Bonchev–Trinajstić information content (AvgIpc) is 3.25. The van der Waals surface area contributed by atoms with Crippen molar-refractivity contribution < 1.29 is 68.5 Å². The van der Waals surface area contributed by atoms with Crippen LogP contribution in [0.5, 0.6) is 0 Å². The van der Waals surface area contributed by atoms with Crippen molar-refractivity contribution in [2.45, 2.75) is 108 Å². The summed E-state index contributed by atoms with van der Waals surface area (Å²) in [6, 6.07) is 9.29. The second-order valence-electron chi connectivity index (χ2n) is 13.1. The van der Waals surface area contributed by atoms with Crippen molar-refractivity contribution in [1.29, 1.82) is 0 Å². The smallest absolute Gasteiger partial charge is 0.344 e. The van der Waals surface area contributed by atoms with Crippen LogP contribution < -0.4 is 0 Å². The van der Waals surface area contributed by atoms with E-state index < -0.39 is 77.7 Å². The first-order valence-corrected chi connectivity index (χ1v) is 16.1. The summed E-state index contributed by atoms with van der Waals surface area (Å²) < 4.78 is 22.0. The molecule has 14 nitrogen and oxygen atoms in total. The Labute approximate surface area is 284 Å². The fourth-order valence-corrected chi connectivity index (χ4v) is 6.58. The molecule has 2 aliphatic heterocycles. The summed E-state index contributed by atoms with van der Waals surface area (Å²) in [5.41, 5.74) is -6.27. The minimum Gasteiger partial charge on any atom is -0.479 e. The Bertz CT molecular complexity index is 1440. The van der Waals surface area contributed by atoms with Gasteiger partial charge in [-0.1, -0.05) is 77.1 Å². The maximum absolute atomic E-state index is 13.0. The molecule has 0 spiro atoms. The van der Waals surface area contributed by atoms with Gasteiger partial charge in [0.05, 0.1) is 0 Å². The fraction of sp³-hybridized carbons (Fsp3) is 0.571. The minimum absolute atomic E-state index is 0.123. The van der Waals surface area contributed by atoms with Crippen LogP contribution in [-0.4, -0.2) is 96.8 Å². The number of hydrogen-bond acceptors (Lipinski definition) is 11. The van der Waals surface area contributed by atoms with E-state index in [4.69, 9.17) is 18.9 Å². The second kappa shape index (κ2) is 15.6. The predicted molar refractivity (Wildman–Crippen MR) is 171 cm³/mol. The van der Waals surface area contributed by atoms with Gasteiger partial charge < -0.3 is 44.5 Å². The number of carboxylic acids is 3. The van der Waals surface area contributed by atoms with Gasteiger partial charge in [-0.2, -0.15) is 0 Å². The summed E-state index contributed by atoms with van der Waals surface area (Å²) in [4.78, 5) is 63.0. The molecule has 0 aromatic heterocycles. The first kappa shape index (κ1) is 39.3. The molecular weight excluding hydrogens is 644 g/mol. The number of aliphatic carboxylic acids is 3. The Kier molecular flexibility index (Phi) is 12.5. The summed E-state index contributed by atoms with van der Waals surface area (Å²) in [7, 11) is 0. The van der Waals surface area contributed by atoms with Gasteiger partial charge in [0, 0.05) is 25.3 Å². The lowest BCUT2D eigenvalue weighted by molar-refractivity contribution is -0.374. The van der Waals surface area contributed by atoms with Gasteiger partial charge in [0.1, 0.15) is 12.2 Å². The third-order valence-corrected chi connectivity index (χ3v) is 9.29. The molecule has 2 heterocycles. The van der Waals surface area contributed by atoms with Crippen molar-refractivity contribution in [3.63, 3.8) is 0 Å². The van der Waals surface area contributed by atoms with Gasteiger partial charge in [-0.05, 0) is 42.2 Å². The standard InChI is InChI=1S/C35H46O14/c1-7-19(2)17-20(3)13-14-25(37)47-28-27(38)33(48-29(30(39)40)34(45,31(41)42)35(28,49-33)32(43)44)16-15-21(4)26(46-23(6)36)22(5)18-24-11-9-8-10-12-24/h8-14,19-20,22,26-29,38,45H,4,7,15-18H2,1-3,5-6H3,(H,39,40)(H,41,42)(H,43,44)/b14-13+/t19?,20?,22-,26-,27-,28-,29-,33-,34-,35-/m1/s1. The molecule has 2 saturated heterocycles. The molecule has 5 N–H and O–H groups in total. The van der Waals surface area contributed by atoms with Crippen LogP contribution in [0.15, 0.2) is 54.6 Å². The first-order chi connectivity index (χ1) is 22.9. The summed E-state index contributed by atoms with van der Waals surface area (Å²) in [5, 5.41) is 53.5. The largest absolute Gasteiger partial charge is 0.479 e. The average molecular weight is 691 g/mol. The first-order valence-electron chi connectivity index (χ1n) is 16.1. The Morgan fingerprint density at radius 1 is 1.04 bits per heavy atom. The van der Waals surface area contributed by atoms with Gasteiger partial charge in [-0.25, -0.2) is 19.2 Å². The molecule has 0 amide bonds. The van der Waals surface area contributed by atoms with Crippen LogP contribution in [0.2, 0.25) is 0 Å². The van der Waals surface area contributed by atoms with Gasteiger partial charge in [0.25, 0.3) is 0 Å². The van der Waals surface area contributed by atoms with E-state index >= 15 is 0 Å². The molecule has 2 fully saturated rings. The molecule has 10 atom stereocenters. The highest BCUT2D eigenvalue weighted by Gasteiger charge is 2.85. The molecule has 49 heavy (non-hydrogen) atoms. The lowest BCUT2D eigenvalue weighted by atomic mass is 9.74. The van der Waals surface area contributed by atoms with Gasteiger partial charge >= 0.3 is 29.8 Å². The number of esters is 2. The van der Waals surface area contributed by atoms with Crippen molar-refractivity contribution in [2.75, 3.05) is 0 Å². The number of rotatable bonds is 17. The zero-order chi connectivity index (χ0) is 36.9. The molecule has 270 valence electrons. The Hall–Kier alpha value is -4.11. The molecule has 1 aromatic carbocycles. The normalized spacial score (nSPS) is 30.1. The zero-order valence-electron chi connectivity index (χ0n) is 28.2. The van der Waals surface area contributed by atoms with E-state index in [1.807, 2.05) is 51.1 Å². The highest BCUT2D eigenvalue weighted by molar-refractivity contribution is 5.98. The van der Waals surface area contributed by atoms with Crippen molar-refractivity contribution in [1.82, 2.24) is 0 Å². The lowest BCUT2D eigenvalue weighted by Crippen LogP contribution is -2.78. The van der Waals surface area contributed by atoms with Crippen LogP contribution in [0.3, 0.4) is 0 Å². The van der Waals surface area contributed by atoms with Crippen LogP contribution in [0, 0.1) is 17.8 Å². The quantitative estimate of drug-likeness (QED) is 0.0901. The third-order valence-electron chi connectivity index (χ3n) is 9.29. The van der Waals surface area contributed by atoms with E-state index in [1.165, 1.54) is 13.0 Å². The van der Waals surface area contributed by atoms with E-state index in [0.29, 0.717) is 18.8 Å². The highest BCUT2D eigenvalue weighted by Crippen LogP contribution is 2.56. The number of aliphatic hydroxyl groups excluding tert-OH is 1. The molecule has 2 unspecified atom stereocenters. The molecule has 0 aliphatic carbocycles. The SMILES string of the molecule is C=C(CC[C@@]12O[C@H](C(=O)O)[C@@](O)(C(=O)O)[C@@](C(=O)O)(O1)[C@H](OC(=O)/C=C/C(C)CC(C)CC)[C@H]2O)[C@@H](OC(C)=O)[C@H](C)Cc1ccccc1. The number of benzene rings is 1. The fourth-order valence-electron chi connectivity index (χ4n) is 6.58. The van der Waals surface area contributed by atoms with Crippen molar-refractivity contribution in [3.8, 4) is 0 Å². The van der Waals surface area contributed by atoms with Gasteiger partial charge in [0.15, 0.2) is 6.10 Å². The Balaban J connectivity index is 2.02. The van der Waals surface area contributed by atoms with Gasteiger partial charge in [0.2, 0.25) is 23.1 Å². The number of carbonyl (C=O) groups is 5. The van der Waals surface area contributed by atoms with Crippen LogP contribution in [-0.2, 0) is 49.3 Å². The molecule has 0 radical (unpaired) electrons. The van der Waals surface area contributed by atoms with E-state index in [2.05, 4.69) is 6.58 Å². The monoisotopic (exact) mass is 690 g/mol. The number of fused-ring (bicyclic) bond motifs is 2. The van der Waals surface area contributed by atoms with Crippen LogP contribution in [0.4, 0.5) is 0 Å². The Morgan fingerprint density at radius 3 is 2.20 bits per heavy atom. The molecule has 1 aromatic rings. The highest BCUT2D eigenvalue weighted by atomic mass is 16.8. The van der Waals surface area contributed by atoms with E-state index in [1.54, 1.807) is 6.92 Å². The summed E-state index contributed by atoms with van der Waals surface area (Å²) in [6.45, 7) is 12.9. The van der Waals surface area contributed by atoms with E-state index in [0.717, 1.165) is 18.1 Å².